The molecular weight excluding hydrogens is 192 g/mol. The van der Waals surface area contributed by atoms with Crippen molar-refractivity contribution in [3.05, 3.63) is 24.0 Å². The standard InChI is InChI=1S/C11H14N2S/c1-8(2)9(3)14-11-5-4-6-13-10(11)7-12/h4-6,8-9H,1-3H3. The molecule has 3 heteroatoms. The van der Waals surface area contributed by atoms with Crippen molar-refractivity contribution in [2.75, 3.05) is 0 Å². The zero-order chi connectivity index (χ0) is 10.6. The smallest absolute Gasteiger partial charge is 0.153 e. The average molecular weight is 206 g/mol. The van der Waals surface area contributed by atoms with Crippen LogP contribution in [-0.2, 0) is 0 Å². The lowest BCUT2D eigenvalue weighted by atomic mass is 10.2. The van der Waals surface area contributed by atoms with Crippen molar-refractivity contribution in [2.24, 2.45) is 5.92 Å². The molecule has 74 valence electrons. The first-order valence-corrected chi connectivity index (χ1v) is 5.55. The van der Waals surface area contributed by atoms with Crippen molar-refractivity contribution < 1.29 is 0 Å². The molecule has 1 aromatic heterocycles. The zero-order valence-corrected chi connectivity index (χ0v) is 9.51. The summed E-state index contributed by atoms with van der Waals surface area (Å²) in [7, 11) is 0. The minimum Gasteiger partial charge on any atom is -0.244 e. The third-order valence-electron chi connectivity index (χ3n) is 2.13. The zero-order valence-electron chi connectivity index (χ0n) is 8.69. The van der Waals surface area contributed by atoms with Gasteiger partial charge >= 0.3 is 0 Å². The van der Waals surface area contributed by atoms with E-state index in [4.69, 9.17) is 5.26 Å². The Balaban J connectivity index is 2.82. The van der Waals surface area contributed by atoms with Gasteiger partial charge in [-0.1, -0.05) is 20.8 Å². The molecule has 1 unspecified atom stereocenters. The minimum atomic E-state index is 0.506. The van der Waals surface area contributed by atoms with Crippen molar-refractivity contribution in [3.8, 4) is 6.07 Å². The second-order valence-electron chi connectivity index (χ2n) is 3.53. The number of nitrogens with zero attached hydrogens (tertiary/aromatic N) is 2. The molecule has 0 N–H and O–H groups in total. The minimum absolute atomic E-state index is 0.506. The second kappa shape index (κ2) is 5.02. The Labute approximate surface area is 89.4 Å². The molecule has 1 heterocycles. The molecule has 0 aliphatic rings. The topological polar surface area (TPSA) is 36.7 Å². The highest BCUT2D eigenvalue weighted by atomic mass is 32.2. The van der Waals surface area contributed by atoms with Crippen LogP contribution in [0.1, 0.15) is 26.5 Å². The van der Waals surface area contributed by atoms with Crippen LogP contribution in [0.5, 0.6) is 0 Å². The van der Waals surface area contributed by atoms with E-state index in [1.165, 1.54) is 0 Å². The number of rotatable bonds is 3. The Morgan fingerprint density at radius 3 is 2.71 bits per heavy atom. The normalized spacial score (nSPS) is 12.5. The van der Waals surface area contributed by atoms with Gasteiger partial charge in [0.25, 0.3) is 0 Å². The van der Waals surface area contributed by atoms with Crippen LogP contribution >= 0.6 is 11.8 Å². The molecule has 14 heavy (non-hydrogen) atoms. The number of aromatic nitrogens is 1. The molecule has 0 amide bonds. The number of nitriles is 1. The first-order valence-electron chi connectivity index (χ1n) is 4.67. The number of thioether (sulfide) groups is 1. The second-order valence-corrected chi connectivity index (χ2v) is 4.95. The quantitative estimate of drug-likeness (QED) is 0.713. The first kappa shape index (κ1) is 11.1. The summed E-state index contributed by atoms with van der Waals surface area (Å²) in [5.74, 6) is 0.603. The van der Waals surface area contributed by atoms with Crippen LogP contribution in [0.25, 0.3) is 0 Å². The van der Waals surface area contributed by atoms with Crippen molar-refractivity contribution in [3.63, 3.8) is 0 Å². The van der Waals surface area contributed by atoms with E-state index in [1.807, 2.05) is 12.1 Å². The van der Waals surface area contributed by atoms with Crippen LogP contribution in [0.3, 0.4) is 0 Å². The van der Waals surface area contributed by atoms with Gasteiger partial charge in [0.2, 0.25) is 0 Å². The monoisotopic (exact) mass is 206 g/mol. The van der Waals surface area contributed by atoms with Crippen LogP contribution in [0.2, 0.25) is 0 Å². The Bertz CT molecular complexity index is 341. The van der Waals surface area contributed by atoms with E-state index in [-0.39, 0.29) is 0 Å². The van der Waals surface area contributed by atoms with E-state index < -0.39 is 0 Å². The van der Waals surface area contributed by atoms with Crippen LogP contribution in [0.15, 0.2) is 23.2 Å². The fourth-order valence-electron chi connectivity index (χ4n) is 0.906. The highest BCUT2D eigenvalue weighted by molar-refractivity contribution is 8.00. The lowest BCUT2D eigenvalue weighted by Gasteiger charge is -2.14. The molecule has 2 nitrogen and oxygen atoms in total. The van der Waals surface area contributed by atoms with Gasteiger partial charge in [0.05, 0.1) is 0 Å². The Morgan fingerprint density at radius 1 is 1.43 bits per heavy atom. The van der Waals surface area contributed by atoms with Gasteiger partial charge in [0.15, 0.2) is 5.69 Å². The Kier molecular flexibility index (Phi) is 3.97. The van der Waals surface area contributed by atoms with Crippen LogP contribution in [-0.4, -0.2) is 10.2 Å². The van der Waals surface area contributed by atoms with Crippen LogP contribution in [0, 0.1) is 17.2 Å². The van der Waals surface area contributed by atoms with E-state index in [9.17, 15) is 0 Å². The highest BCUT2D eigenvalue weighted by Gasteiger charge is 2.11. The van der Waals surface area contributed by atoms with Crippen LogP contribution < -0.4 is 0 Å². The predicted molar refractivity (Wildman–Crippen MR) is 59.1 cm³/mol. The number of hydrogen-bond acceptors (Lipinski definition) is 3. The van der Waals surface area contributed by atoms with Gasteiger partial charge in [0, 0.05) is 16.3 Å². The maximum absolute atomic E-state index is 8.84. The lowest BCUT2D eigenvalue weighted by molar-refractivity contribution is 0.642. The summed E-state index contributed by atoms with van der Waals surface area (Å²) in [6.45, 7) is 6.53. The summed E-state index contributed by atoms with van der Waals surface area (Å²) in [5.41, 5.74) is 0.532. The molecular formula is C11H14N2S. The SMILES string of the molecule is CC(C)C(C)Sc1cccnc1C#N. The molecule has 1 atom stereocenters. The molecule has 0 radical (unpaired) electrons. The van der Waals surface area contributed by atoms with Crippen molar-refractivity contribution in [1.82, 2.24) is 4.98 Å². The molecule has 0 spiro atoms. The van der Waals surface area contributed by atoms with E-state index in [0.29, 0.717) is 16.9 Å². The summed E-state index contributed by atoms with van der Waals surface area (Å²) < 4.78 is 0. The number of hydrogen-bond donors (Lipinski definition) is 0. The highest BCUT2D eigenvalue weighted by Crippen LogP contribution is 2.28. The van der Waals surface area contributed by atoms with Gasteiger partial charge in [-0.3, -0.25) is 0 Å². The molecule has 0 aromatic carbocycles. The maximum atomic E-state index is 8.84. The molecule has 0 fully saturated rings. The fourth-order valence-corrected chi connectivity index (χ4v) is 1.95. The fraction of sp³-hybridized carbons (Fsp3) is 0.455. The average Bonchev–Trinajstić information content (AvgIpc) is 2.18. The maximum Gasteiger partial charge on any atom is 0.153 e. The molecule has 0 saturated heterocycles. The van der Waals surface area contributed by atoms with Gasteiger partial charge < -0.3 is 0 Å². The molecule has 0 aliphatic carbocycles. The predicted octanol–water partition coefficient (Wildman–Crippen LogP) is 3.09. The van der Waals surface area contributed by atoms with Crippen LogP contribution in [0.4, 0.5) is 0 Å². The van der Waals surface area contributed by atoms with Crippen molar-refractivity contribution in [1.29, 1.82) is 5.26 Å². The van der Waals surface area contributed by atoms with E-state index in [0.717, 1.165) is 4.90 Å². The molecule has 0 bridgehead atoms. The van der Waals surface area contributed by atoms with Gasteiger partial charge in [0.1, 0.15) is 6.07 Å². The van der Waals surface area contributed by atoms with Gasteiger partial charge in [-0.15, -0.1) is 11.8 Å². The van der Waals surface area contributed by atoms with E-state index in [1.54, 1.807) is 18.0 Å². The summed E-state index contributed by atoms with van der Waals surface area (Å²) in [5, 5.41) is 9.35. The molecule has 0 aliphatic heterocycles. The molecule has 1 aromatic rings. The summed E-state index contributed by atoms with van der Waals surface area (Å²) in [6, 6.07) is 5.93. The van der Waals surface area contributed by atoms with E-state index in [2.05, 4.69) is 31.8 Å². The largest absolute Gasteiger partial charge is 0.244 e. The number of pyridine rings is 1. The van der Waals surface area contributed by atoms with Gasteiger partial charge in [-0.2, -0.15) is 5.26 Å². The van der Waals surface area contributed by atoms with Gasteiger partial charge in [-0.25, -0.2) is 4.98 Å². The lowest BCUT2D eigenvalue weighted by Crippen LogP contribution is -2.05. The van der Waals surface area contributed by atoms with Gasteiger partial charge in [-0.05, 0) is 18.1 Å². The Morgan fingerprint density at radius 2 is 2.14 bits per heavy atom. The van der Waals surface area contributed by atoms with Crippen molar-refractivity contribution >= 4 is 11.8 Å². The van der Waals surface area contributed by atoms with E-state index >= 15 is 0 Å². The third-order valence-corrected chi connectivity index (χ3v) is 3.63. The Hall–Kier alpha value is -1.01. The third kappa shape index (κ3) is 2.74. The first-order chi connectivity index (χ1) is 6.65. The summed E-state index contributed by atoms with van der Waals surface area (Å²) in [6.07, 6.45) is 1.66. The van der Waals surface area contributed by atoms with Crippen molar-refractivity contribution in [2.45, 2.75) is 30.9 Å². The summed E-state index contributed by atoms with van der Waals surface area (Å²) >= 11 is 1.72. The molecule has 1 rings (SSSR count). The summed E-state index contributed by atoms with van der Waals surface area (Å²) in [4.78, 5) is 5.01. The molecule has 0 saturated carbocycles.